The van der Waals surface area contributed by atoms with Gasteiger partial charge in [-0.15, -0.1) is 0 Å². The fourth-order valence-electron chi connectivity index (χ4n) is 3.51. The van der Waals surface area contributed by atoms with E-state index in [1.165, 1.54) is 25.0 Å². The molecule has 3 rings (SSSR count). The second-order valence-electron chi connectivity index (χ2n) is 6.42. The average Bonchev–Trinajstić information content (AvgIpc) is 3.15. The van der Waals surface area contributed by atoms with E-state index in [1.807, 2.05) is 4.90 Å². The predicted octanol–water partition coefficient (Wildman–Crippen LogP) is 2.06. The Morgan fingerprint density at radius 2 is 2.04 bits per heavy atom. The van der Waals surface area contributed by atoms with Crippen molar-refractivity contribution < 1.29 is 14.5 Å². The van der Waals surface area contributed by atoms with E-state index >= 15 is 0 Å². The third-order valence-corrected chi connectivity index (χ3v) is 4.80. The predicted molar refractivity (Wildman–Crippen MR) is 89.0 cm³/mol. The third kappa shape index (κ3) is 4.03. The molecule has 2 aliphatic rings. The Morgan fingerprint density at radius 3 is 2.79 bits per heavy atom. The van der Waals surface area contributed by atoms with Gasteiger partial charge in [0.2, 0.25) is 0 Å². The number of hydrogen-bond donors (Lipinski definition) is 0. The van der Waals surface area contributed by atoms with Crippen LogP contribution in [0.25, 0.3) is 0 Å². The molecule has 0 radical (unpaired) electrons. The number of rotatable bonds is 5. The van der Waals surface area contributed by atoms with Crippen LogP contribution in [0.15, 0.2) is 24.3 Å². The first-order chi connectivity index (χ1) is 11.6. The average molecular weight is 333 g/mol. The van der Waals surface area contributed by atoms with Crippen LogP contribution < -0.4 is 4.74 Å². The number of carbonyl (C=O) groups excluding carboxylic acids is 1. The smallest absolute Gasteiger partial charge is 0.273 e. The van der Waals surface area contributed by atoms with Crippen LogP contribution in [-0.4, -0.2) is 59.5 Å². The van der Waals surface area contributed by atoms with Crippen LogP contribution in [0.2, 0.25) is 0 Å². The van der Waals surface area contributed by atoms with Gasteiger partial charge in [0.15, 0.2) is 6.61 Å². The summed E-state index contributed by atoms with van der Waals surface area (Å²) in [4.78, 5) is 27.0. The van der Waals surface area contributed by atoms with Crippen LogP contribution in [0.3, 0.4) is 0 Å². The van der Waals surface area contributed by atoms with Crippen LogP contribution in [0.4, 0.5) is 5.69 Å². The van der Waals surface area contributed by atoms with Crippen molar-refractivity contribution in [2.75, 3.05) is 32.8 Å². The normalized spacial score (nSPS) is 21.7. The summed E-state index contributed by atoms with van der Waals surface area (Å²) in [5.74, 6) is 0.302. The van der Waals surface area contributed by atoms with Gasteiger partial charge >= 0.3 is 0 Å². The Morgan fingerprint density at radius 1 is 1.25 bits per heavy atom. The molecule has 2 heterocycles. The van der Waals surface area contributed by atoms with Gasteiger partial charge in [-0.1, -0.05) is 6.07 Å². The molecule has 0 spiro atoms. The molecule has 0 bridgehead atoms. The lowest BCUT2D eigenvalue weighted by molar-refractivity contribution is -0.384. The van der Waals surface area contributed by atoms with Gasteiger partial charge in [-0.05, 0) is 44.8 Å². The molecule has 0 saturated carbocycles. The lowest BCUT2D eigenvalue weighted by Crippen LogP contribution is -2.50. The number of ether oxygens (including phenoxy) is 1. The number of nitro benzene ring substituents is 1. The zero-order chi connectivity index (χ0) is 16.9. The second-order valence-corrected chi connectivity index (χ2v) is 6.42. The zero-order valence-corrected chi connectivity index (χ0v) is 13.7. The van der Waals surface area contributed by atoms with Crippen LogP contribution in [0.1, 0.15) is 25.7 Å². The summed E-state index contributed by atoms with van der Waals surface area (Å²) in [6.45, 7) is 3.72. The van der Waals surface area contributed by atoms with Crippen molar-refractivity contribution in [3.8, 4) is 5.75 Å². The molecule has 130 valence electrons. The fourth-order valence-corrected chi connectivity index (χ4v) is 3.51. The first-order valence-electron chi connectivity index (χ1n) is 8.52. The molecule has 0 N–H and O–H groups in total. The molecule has 1 aromatic rings. The standard InChI is InChI=1S/C17H23N3O4/c21-17(13-24-16-7-3-5-14(11-16)20(22)23)19-10-4-6-15(12-19)18-8-1-2-9-18/h3,5,7,11,15H,1-2,4,6,8-10,12-13H2/t15-/m1/s1. The third-order valence-electron chi connectivity index (χ3n) is 4.80. The number of nitrogens with zero attached hydrogens (tertiary/aromatic N) is 3. The van der Waals surface area contributed by atoms with Crippen molar-refractivity contribution in [2.45, 2.75) is 31.7 Å². The molecule has 1 atom stereocenters. The Balaban J connectivity index is 1.52. The minimum atomic E-state index is -0.472. The number of amides is 1. The van der Waals surface area contributed by atoms with Gasteiger partial charge in [-0.2, -0.15) is 0 Å². The summed E-state index contributed by atoms with van der Waals surface area (Å²) < 4.78 is 5.46. The highest BCUT2D eigenvalue weighted by Gasteiger charge is 2.29. The maximum Gasteiger partial charge on any atom is 0.273 e. The Bertz CT molecular complexity index is 601. The van der Waals surface area contributed by atoms with Gasteiger partial charge < -0.3 is 9.64 Å². The number of piperidine rings is 1. The van der Waals surface area contributed by atoms with Gasteiger partial charge in [0.05, 0.1) is 11.0 Å². The Kier molecular flexibility index (Phi) is 5.30. The van der Waals surface area contributed by atoms with Crippen LogP contribution in [0.5, 0.6) is 5.75 Å². The Labute approximate surface area is 141 Å². The first kappa shape index (κ1) is 16.7. The molecule has 0 aromatic heterocycles. The summed E-state index contributed by atoms with van der Waals surface area (Å²) in [6.07, 6.45) is 4.67. The van der Waals surface area contributed by atoms with E-state index in [1.54, 1.807) is 12.1 Å². The quantitative estimate of drug-likeness (QED) is 0.609. The molecular formula is C17H23N3O4. The van der Waals surface area contributed by atoms with Gasteiger partial charge in [0, 0.05) is 25.2 Å². The molecule has 7 nitrogen and oxygen atoms in total. The molecule has 2 saturated heterocycles. The number of likely N-dealkylation sites (tertiary alicyclic amines) is 2. The highest BCUT2D eigenvalue weighted by atomic mass is 16.6. The molecule has 2 aliphatic heterocycles. The second kappa shape index (κ2) is 7.61. The summed E-state index contributed by atoms with van der Waals surface area (Å²) in [7, 11) is 0. The summed E-state index contributed by atoms with van der Waals surface area (Å²) in [5, 5.41) is 10.8. The monoisotopic (exact) mass is 333 g/mol. The van der Waals surface area contributed by atoms with Crippen molar-refractivity contribution in [1.82, 2.24) is 9.80 Å². The SMILES string of the molecule is O=C(COc1cccc([N+](=O)[O-])c1)N1CCC[C@@H](N2CCCC2)C1. The fraction of sp³-hybridized carbons (Fsp3) is 0.588. The number of carbonyl (C=O) groups is 1. The number of benzene rings is 1. The van der Waals surface area contributed by atoms with E-state index in [9.17, 15) is 14.9 Å². The minimum absolute atomic E-state index is 0.0352. The van der Waals surface area contributed by atoms with Crippen LogP contribution in [-0.2, 0) is 4.79 Å². The highest BCUT2D eigenvalue weighted by molar-refractivity contribution is 5.78. The van der Waals surface area contributed by atoms with Crippen molar-refractivity contribution in [2.24, 2.45) is 0 Å². The van der Waals surface area contributed by atoms with E-state index < -0.39 is 4.92 Å². The molecule has 7 heteroatoms. The van der Waals surface area contributed by atoms with Crippen molar-refractivity contribution in [3.05, 3.63) is 34.4 Å². The molecule has 0 aliphatic carbocycles. The first-order valence-corrected chi connectivity index (χ1v) is 8.52. The summed E-state index contributed by atoms with van der Waals surface area (Å²) >= 11 is 0. The van der Waals surface area contributed by atoms with Gasteiger partial charge in [0.25, 0.3) is 11.6 Å². The summed E-state index contributed by atoms with van der Waals surface area (Å²) in [6, 6.07) is 6.39. The minimum Gasteiger partial charge on any atom is -0.484 e. The van der Waals surface area contributed by atoms with Crippen molar-refractivity contribution >= 4 is 11.6 Å². The molecular weight excluding hydrogens is 310 g/mol. The number of non-ortho nitro benzene ring substituents is 1. The molecule has 1 aromatic carbocycles. The van der Waals surface area contributed by atoms with E-state index in [2.05, 4.69) is 4.90 Å². The van der Waals surface area contributed by atoms with Crippen molar-refractivity contribution in [3.63, 3.8) is 0 Å². The van der Waals surface area contributed by atoms with E-state index in [4.69, 9.17) is 4.74 Å². The van der Waals surface area contributed by atoms with Gasteiger partial charge in [-0.25, -0.2) is 0 Å². The van der Waals surface area contributed by atoms with Gasteiger partial charge in [0.1, 0.15) is 5.75 Å². The maximum absolute atomic E-state index is 12.4. The molecule has 1 amide bonds. The largest absolute Gasteiger partial charge is 0.484 e. The Hall–Kier alpha value is -2.15. The lowest BCUT2D eigenvalue weighted by Gasteiger charge is -2.37. The number of nitro groups is 1. The van der Waals surface area contributed by atoms with Gasteiger partial charge in [-0.3, -0.25) is 19.8 Å². The molecule has 24 heavy (non-hydrogen) atoms. The van der Waals surface area contributed by atoms with Crippen LogP contribution >= 0.6 is 0 Å². The highest BCUT2D eigenvalue weighted by Crippen LogP contribution is 2.22. The van der Waals surface area contributed by atoms with E-state index in [0.717, 1.165) is 39.0 Å². The zero-order valence-electron chi connectivity index (χ0n) is 13.7. The maximum atomic E-state index is 12.4. The summed E-state index contributed by atoms with van der Waals surface area (Å²) in [5.41, 5.74) is -0.0352. The number of hydrogen-bond acceptors (Lipinski definition) is 5. The van der Waals surface area contributed by atoms with Crippen molar-refractivity contribution in [1.29, 1.82) is 0 Å². The van der Waals surface area contributed by atoms with E-state index in [-0.39, 0.29) is 18.2 Å². The van der Waals surface area contributed by atoms with E-state index in [0.29, 0.717) is 11.8 Å². The molecule has 0 unspecified atom stereocenters. The topological polar surface area (TPSA) is 75.9 Å². The lowest BCUT2D eigenvalue weighted by atomic mass is 10.0. The molecule has 2 fully saturated rings. The van der Waals surface area contributed by atoms with Crippen LogP contribution in [0, 0.1) is 10.1 Å².